The molecule has 1 unspecified atom stereocenters. The van der Waals surface area contributed by atoms with Gasteiger partial charge in [-0.3, -0.25) is 0 Å². The van der Waals surface area contributed by atoms with E-state index in [9.17, 15) is 0 Å². The Morgan fingerprint density at radius 3 is 2.88 bits per heavy atom. The van der Waals surface area contributed by atoms with Gasteiger partial charge in [0.15, 0.2) is 0 Å². The molecule has 0 radical (unpaired) electrons. The van der Waals surface area contributed by atoms with E-state index in [4.69, 9.17) is 0 Å². The molecule has 1 aliphatic rings. The van der Waals surface area contributed by atoms with Gasteiger partial charge in [0.1, 0.15) is 0 Å². The highest BCUT2D eigenvalue weighted by atomic mass is 15.1. The summed E-state index contributed by atoms with van der Waals surface area (Å²) in [6.45, 7) is 2.33. The smallest absolute Gasteiger partial charge is 0.0574 e. The van der Waals surface area contributed by atoms with Gasteiger partial charge >= 0.3 is 0 Å². The van der Waals surface area contributed by atoms with Crippen LogP contribution in [-0.2, 0) is 6.42 Å². The molecule has 1 aromatic heterocycles. The van der Waals surface area contributed by atoms with Crippen LogP contribution in [0.15, 0.2) is 30.6 Å². The fourth-order valence-electron chi connectivity index (χ4n) is 2.39. The van der Waals surface area contributed by atoms with E-state index in [1.165, 1.54) is 35.7 Å². The van der Waals surface area contributed by atoms with Crippen molar-refractivity contribution in [3.05, 3.63) is 36.2 Å². The average Bonchev–Trinajstić information content (AvgIpc) is 2.82. The molecule has 1 saturated heterocycles. The summed E-state index contributed by atoms with van der Waals surface area (Å²) in [7, 11) is 0. The Balaban J connectivity index is 1.86. The predicted octanol–water partition coefficient (Wildman–Crippen LogP) is 1.78. The fourth-order valence-corrected chi connectivity index (χ4v) is 2.39. The Morgan fingerprint density at radius 2 is 2.06 bits per heavy atom. The summed E-state index contributed by atoms with van der Waals surface area (Å²) < 4.78 is 0. The van der Waals surface area contributed by atoms with E-state index in [1.54, 1.807) is 0 Å². The zero-order chi connectivity index (χ0) is 10.8. The van der Waals surface area contributed by atoms with Crippen LogP contribution in [0.2, 0.25) is 0 Å². The van der Waals surface area contributed by atoms with E-state index in [0.29, 0.717) is 0 Å². The Hall–Kier alpha value is -1.48. The van der Waals surface area contributed by atoms with Crippen molar-refractivity contribution in [3.63, 3.8) is 0 Å². The molecule has 1 N–H and O–H groups in total. The molecule has 0 amide bonds. The molecule has 0 saturated carbocycles. The van der Waals surface area contributed by atoms with Gasteiger partial charge in [-0.2, -0.15) is 10.2 Å². The number of nitrogens with one attached hydrogen (secondary N) is 1. The molecule has 2 heterocycles. The van der Waals surface area contributed by atoms with E-state index in [2.05, 4.69) is 33.7 Å². The maximum absolute atomic E-state index is 3.92. The molecule has 0 aliphatic carbocycles. The van der Waals surface area contributed by atoms with Gasteiger partial charge in [-0.1, -0.05) is 12.1 Å². The van der Waals surface area contributed by atoms with Crippen molar-refractivity contribution in [2.24, 2.45) is 5.92 Å². The summed E-state index contributed by atoms with van der Waals surface area (Å²) in [4.78, 5) is 0. The van der Waals surface area contributed by atoms with E-state index in [0.717, 1.165) is 12.5 Å². The summed E-state index contributed by atoms with van der Waals surface area (Å²) in [6.07, 6.45) is 6.12. The van der Waals surface area contributed by atoms with E-state index < -0.39 is 0 Å². The van der Waals surface area contributed by atoms with Gasteiger partial charge in [-0.15, -0.1) is 0 Å². The minimum absolute atomic E-state index is 0.798. The van der Waals surface area contributed by atoms with Gasteiger partial charge in [0.05, 0.1) is 12.4 Å². The number of nitrogens with zero attached hydrogens (tertiary/aromatic N) is 2. The molecule has 1 atom stereocenters. The topological polar surface area (TPSA) is 37.8 Å². The minimum atomic E-state index is 0.798. The molecule has 0 spiro atoms. The Labute approximate surface area is 94.9 Å². The SMILES string of the molecule is c1cc2cnncc2cc1CC1CCNC1. The summed E-state index contributed by atoms with van der Waals surface area (Å²) in [6, 6.07) is 6.59. The Bertz CT molecular complexity index is 489. The van der Waals surface area contributed by atoms with Crippen molar-refractivity contribution in [1.29, 1.82) is 0 Å². The Kier molecular flexibility index (Phi) is 2.54. The third-order valence-electron chi connectivity index (χ3n) is 3.30. The number of rotatable bonds is 2. The maximum Gasteiger partial charge on any atom is 0.0574 e. The molecule has 3 heteroatoms. The molecule has 1 fully saturated rings. The molecule has 2 aromatic rings. The Morgan fingerprint density at radius 1 is 1.19 bits per heavy atom. The molecule has 3 rings (SSSR count). The van der Waals surface area contributed by atoms with Crippen LogP contribution in [0.1, 0.15) is 12.0 Å². The lowest BCUT2D eigenvalue weighted by atomic mass is 9.97. The molecule has 1 aliphatic heterocycles. The largest absolute Gasteiger partial charge is 0.316 e. The molecular formula is C13H15N3. The summed E-state index contributed by atoms with van der Waals surface area (Å²) in [5.74, 6) is 0.798. The number of benzene rings is 1. The van der Waals surface area contributed by atoms with Gasteiger partial charge in [-0.25, -0.2) is 0 Å². The third-order valence-corrected chi connectivity index (χ3v) is 3.30. The summed E-state index contributed by atoms with van der Waals surface area (Å²) >= 11 is 0. The highest BCUT2D eigenvalue weighted by Gasteiger charge is 2.14. The maximum atomic E-state index is 3.92. The first kappa shape index (κ1) is 9.73. The number of hydrogen-bond donors (Lipinski definition) is 1. The average molecular weight is 213 g/mol. The van der Waals surface area contributed by atoms with Gasteiger partial charge in [0, 0.05) is 10.8 Å². The highest BCUT2D eigenvalue weighted by molar-refractivity contribution is 5.81. The van der Waals surface area contributed by atoms with Crippen LogP contribution in [0.25, 0.3) is 10.8 Å². The van der Waals surface area contributed by atoms with Crippen LogP contribution in [0, 0.1) is 5.92 Å². The first-order valence-electron chi connectivity index (χ1n) is 5.82. The van der Waals surface area contributed by atoms with E-state index >= 15 is 0 Å². The summed E-state index contributed by atoms with van der Waals surface area (Å²) in [5, 5.41) is 13.6. The molecule has 0 bridgehead atoms. The zero-order valence-corrected chi connectivity index (χ0v) is 9.19. The fraction of sp³-hybridized carbons (Fsp3) is 0.385. The van der Waals surface area contributed by atoms with Gasteiger partial charge in [-0.05, 0) is 43.5 Å². The third kappa shape index (κ3) is 1.91. The number of hydrogen-bond acceptors (Lipinski definition) is 3. The van der Waals surface area contributed by atoms with Crippen LogP contribution in [-0.4, -0.2) is 23.3 Å². The van der Waals surface area contributed by atoms with Gasteiger partial charge < -0.3 is 5.32 Å². The lowest BCUT2D eigenvalue weighted by Crippen LogP contribution is -2.10. The quantitative estimate of drug-likeness (QED) is 0.826. The molecular weight excluding hydrogens is 198 g/mol. The second kappa shape index (κ2) is 4.18. The van der Waals surface area contributed by atoms with Crippen molar-refractivity contribution in [2.75, 3.05) is 13.1 Å². The van der Waals surface area contributed by atoms with Crippen LogP contribution in [0.5, 0.6) is 0 Å². The number of aromatic nitrogens is 2. The van der Waals surface area contributed by atoms with Crippen molar-refractivity contribution >= 4 is 10.8 Å². The van der Waals surface area contributed by atoms with Crippen molar-refractivity contribution < 1.29 is 0 Å². The second-order valence-electron chi connectivity index (χ2n) is 4.52. The first-order chi connectivity index (χ1) is 7.92. The molecule has 16 heavy (non-hydrogen) atoms. The van der Waals surface area contributed by atoms with Crippen LogP contribution in [0.3, 0.4) is 0 Å². The first-order valence-corrected chi connectivity index (χ1v) is 5.82. The molecule has 3 nitrogen and oxygen atoms in total. The van der Waals surface area contributed by atoms with E-state index in [1.807, 2.05) is 12.4 Å². The zero-order valence-electron chi connectivity index (χ0n) is 9.19. The van der Waals surface area contributed by atoms with E-state index in [-0.39, 0.29) is 0 Å². The van der Waals surface area contributed by atoms with Gasteiger partial charge in [0.2, 0.25) is 0 Å². The van der Waals surface area contributed by atoms with Crippen molar-refractivity contribution in [1.82, 2.24) is 15.5 Å². The monoisotopic (exact) mass is 213 g/mol. The standard InChI is InChI=1S/C13H15N3/c1-2-12-8-15-16-9-13(12)6-10(1)5-11-3-4-14-7-11/h1-2,6,8-9,11,14H,3-5,7H2. The predicted molar refractivity (Wildman–Crippen MR) is 64.2 cm³/mol. The molecule has 1 aromatic carbocycles. The highest BCUT2D eigenvalue weighted by Crippen LogP contribution is 2.19. The second-order valence-corrected chi connectivity index (χ2v) is 4.52. The normalized spacial score (nSPS) is 20.4. The van der Waals surface area contributed by atoms with Crippen molar-refractivity contribution in [3.8, 4) is 0 Å². The number of fused-ring (bicyclic) bond motifs is 1. The lowest BCUT2D eigenvalue weighted by molar-refractivity contribution is 0.580. The minimum Gasteiger partial charge on any atom is -0.316 e. The van der Waals surface area contributed by atoms with Crippen LogP contribution in [0.4, 0.5) is 0 Å². The van der Waals surface area contributed by atoms with Crippen LogP contribution >= 0.6 is 0 Å². The molecule has 82 valence electrons. The summed E-state index contributed by atoms with van der Waals surface area (Å²) in [5.41, 5.74) is 1.41. The van der Waals surface area contributed by atoms with Gasteiger partial charge in [0.25, 0.3) is 0 Å². The van der Waals surface area contributed by atoms with Crippen LogP contribution < -0.4 is 5.32 Å². The van der Waals surface area contributed by atoms with Crippen molar-refractivity contribution in [2.45, 2.75) is 12.8 Å². The lowest BCUT2D eigenvalue weighted by Gasteiger charge is -2.08.